The van der Waals surface area contributed by atoms with Gasteiger partial charge >= 0.3 is 5.97 Å². The highest BCUT2D eigenvalue weighted by Crippen LogP contribution is 2.52. The van der Waals surface area contributed by atoms with Gasteiger partial charge < -0.3 is 14.4 Å². The van der Waals surface area contributed by atoms with E-state index in [9.17, 15) is 9.59 Å². The van der Waals surface area contributed by atoms with Crippen molar-refractivity contribution in [2.24, 2.45) is 11.8 Å². The Morgan fingerprint density at radius 2 is 2.35 bits per heavy atom. The first-order chi connectivity index (χ1) is 9.54. The summed E-state index contributed by atoms with van der Waals surface area (Å²) in [5, 5.41) is 0. The molecule has 1 amide bonds. The molecule has 3 aliphatic heterocycles. The fraction of sp³-hybridized carbons (Fsp3) is 0.733. The van der Waals surface area contributed by atoms with Gasteiger partial charge in [0.25, 0.3) is 0 Å². The zero-order valence-electron chi connectivity index (χ0n) is 12.2. The zero-order chi connectivity index (χ0) is 14.5. The lowest BCUT2D eigenvalue weighted by Crippen LogP contribution is -2.41. The van der Waals surface area contributed by atoms with Crippen molar-refractivity contribution in [3.63, 3.8) is 0 Å². The van der Waals surface area contributed by atoms with Crippen LogP contribution in [0.1, 0.15) is 27.2 Å². The van der Waals surface area contributed by atoms with E-state index in [4.69, 9.17) is 9.47 Å². The molecule has 0 aromatic rings. The van der Waals surface area contributed by atoms with Crippen molar-refractivity contribution in [3.05, 3.63) is 12.2 Å². The lowest BCUT2D eigenvalue weighted by Gasteiger charge is -2.26. The number of rotatable bonds is 4. The van der Waals surface area contributed by atoms with Gasteiger partial charge in [-0.1, -0.05) is 19.1 Å². The number of amides is 1. The fourth-order valence-electron chi connectivity index (χ4n) is 3.63. The highest BCUT2D eigenvalue weighted by molar-refractivity contribution is 5.91. The Kier molecular flexibility index (Phi) is 3.12. The summed E-state index contributed by atoms with van der Waals surface area (Å²) in [5.41, 5.74) is -0.609. The Morgan fingerprint density at radius 3 is 3.00 bits per heavy atom. The van der Waals surface area contributed by atoms with E-state index in [2.05, 4.69) is 6.92 Å². The summed E-state index contributed by atoms with van der Waals surface area (Å²) < 4.78 is 11.1. The molecule has 5 nitrogen and oxygen atoms in total. The van der Waals surface area contributed by atoms with Crippen molar-refractivity contribution in [2.45, 2.75) is 44.9 Å². The van der Waals surface area contributed by atoms with Crippen LogP contribution >= 0.6 is 0 Å². The van der Waals surface area contributed by atoms with Gasteiger partial charge in [-0.25, -0.2) is 0 Å². The molecular formula is C15H21NO4. The van der Waals surface area contributed by atoms with Crippen LogP contribution in [0.5, 0.6) is 0 Å². The summed E-state index contributed by atoms with van der Waals surface area (Å²) in [6.45, 7) is 6.74. The van der Waals surface area contributed by atoms with Crippen molar-refractivity contribution in [2.75, 3.05) is 13.2 Å². The monoisotopic (exact) mass is 279 g/mol. The molecule has 2 saturated heterocycles. The molecule has 0 radical (unpaired) electrons. The van der Waals surface area contributed by atoms with E-state index < -0.39 is 17.4 Å². The van der Waals surface area contributed by atoms with Crippen molar-refractivity contribution in [1.29, 1.82) is 0 Å². The van der Waals surface area contributed by atoms with Gasteiger partial charge in [-0.05, 0) is 20.3 Å². The molecule has 0 aromatic carbocycles. The van der Waals surface area contributed by atoms with E-state index in [1.165, 1.54) is 0 Å². The number of hydrogen-bond donors (Lipinski definition) is 0. The second kappa shape index (κ2) is 4.58. The zero-order valence-corrected chi connectivity index (χ0v) is 12.2. The molecule has 5 atom stereocenters. The molecule has 3 aliphatic rings. The Labute approximate surface area is 118 Å². The number of likely N-dealkylation sites (tertiary alicyclic amines) is 1. The van der Waals surface area contributed by atoms with Crippen LogP contribution in [0.15, 0.2) is 12.2 Å². The second-order valence-corrected chi connectivity index (χ2v) is 5.88. The summed E-state index contributed by atoms with van der Waals surface area (Å²) in [6, 6.07) is 0.168. The Balaban J connectivity index is 1.90. The third kappa shape index (κ3) is 1.65. The van der Waals surface area contributed by atoms with Crippen LogP contribution in [-0.4, -0.2) is 47.7 Å². The summed E-state index contributed by atoms with van der Waals surface area (Å²) in [4.78, 5) is 26.7. The molecule has 0 saturated carbocycles. The molecule has 2 fully saturated rings. The average Bonchev–Trinajstić information content (AvgIpc) is 3.06. The first-order valence-corrected chi connectivity index (χ1v) is 7.38. The molecule has 3 heterocycles. The summed E-state index contributed by atoms with van der Waals surface area (Å²) in [7, 11) is 0. The number of hydrogen-bond acceptors (Lipinski definition) is 4. The van der Waals surface area contributed by atoms with Gasteiger partial charge in [-0.15, -0.1) is 0 Å². The largest absolute Gasteiger partial charge is 0.466 e. The van der Waals surface area contributed by atoms with E-state index in [0.717, 1.165) is 6.42 Å². The maximum atomic E-state index is 12.7. The molecule has 0 aliphatic carbocycles. The van der Waals surface area contributed by atoms with Crippen LogP contribution in [0.4, 0.5) is 0 Å². The number of carbonyl (C=O) groups excluding carboxylic acids is 2. The number of esters is 1. The quantitative estimate of drug-likeness (QED) is 0.572. The number of nitrogens with zero attached hydrogens (tertiary/aromatic N) is 1. The fourth-order valence-corrected chi connectivity index (χ4v) is 3.63. The Morgan fingerprint density at radius 1 is 1.60 bits per heavy atom. The third-order valence-electron chi connectivity index (χ3n) is 4.81. The van der Waals surface area contributed by atoms with Crippen LogP contribution in [-0.2, 0) is 19.1 Å². The summed E-state index contributed by atoms with van der Waals surface area (Å²) in [6.07, 6.45) is 4.47. The van der Waals surface area contributed by atoms with Crippen LogP contribution in [0.2, 0.25) is 0 Å². The third-order valence-corrected chi connectivity index (χ3v) is 4.81. The smallest absolute Gasteiger partial charge is 0.312 e. The normalized spacial score (nSPS) is 39.2. The van der Waals surface area contributed by atoms with Gasteiger partial charge in [0, 0.05) is 6.04 Å². The first-order valence-electron chi connectivity index (χ1n) is 7.38. The lowest BCUT2D eigenvalue weighted by molar-refractivity contribution is -0.153. The van der Waals surface area contributed by atoms with E-state index in [1.807, 2.05) is 24.0 Å². The lowest BCUT2D eigenvalue weighted by atomic mass is 9.77. The molecule has 0 N–H and O–H groups in total. The van der Waals surface area contributed by atoms with Crippen molar-refractivity contribution in [3.8, 4) is 0 Å². The topological polar surface area (TPSA) is 55.8 Å². The SMILES string of the molecule is CCOC(=O)C1[C@H]2C=CC3(CN(C(C)CC)C(=O)[C@@H]13)O2. The van der Waals surface area contributed by atoms with Crippen LogP contribution in [0, 0.1) is 11.8 Å². The van der Waals surface area contributed by atoms with Gasteiger partial charge in [0.1, 0.15) is 11.5 Å². The van der Waals surface area contributed by atoms with Crippen molar-refractivity contribution in [1.82, 2.24) is 4.90 Å². The summed E-state index contributed by atoms with van der Waals surface area (Å²) >= 11 is 0. The Hall–Kier alpha value is -1.36. The molecule has 110 valence electrons. The minimum Gasteiger partial charge on any atom is -0.466 e. The molecule has 2 bridgehead atoms. The molecule has 5 heteroatoms. The molecular weight excluding hydrogens is 258 g/mol. The van der Waals surface area contributed by atoms with Crippen molar-refractivity contribution >= 4 is 11.9 Å². The predicted octanol–water partition coefficient (Wildman–Crippen LogP) is 1.13. The van der Waals surface area contributed by atoms with Gasteiger partial charge in [0.15, 0.2) is 0 Å². The molecule has 20 heavy (non-hydrogen) atoms. The van der Waals surface area contributed by atoms with Crippen LogP contribution < -0.4 is 0 Å². The van der Waals surface area contributed by atoms with Gasteiger partial charge in [-0.3, -0.25) is 9.59 Å². The molecule has 3 unspecified atom stereocenters. The van der Waals surface area contributed by atoms with E-state index >= 15 is 0 Å². The van der Waals surface area contributed by atoms with Crippen molar-refractivity contribution < 1.29 is 19.1 Å². The maximum Gasteiger partial charge on any atom is 0.312 e. The van der Waals surface area contributed by atoms with Crippen LogP contribution in [0.3, 0.4) is 0 Å². The number of ether oxygens (including phenoxy) is 2. The second-order valence-electron chi connectivity index (χ2n) is 5.88. The molecule has 3 rings (SSSR count). The van der Waals surface area contributed by atoms with E-state index in [1.54, 1.807) is 6.92 Å². The van der Waals surface area contributed by atoms with Gasteiger partial charge in [0.2, 0.25) is 5.91 Å². The highest BCUT2D eigenvalue weighted by atomic mass is 16.6. The maximum absolute atomic E-state index is 12.7. The molecule has 1 spiro atoms. The van der Waals surface area contributed by atoms with Gasteiger partial charge in [-0.2, -0.15) is 0 Å². The minimum absolute atomic E-state index is 0.0317. The van der Waals surface area contributed by atoms with E-state index in [-0.39, 0.29) is 24.0 Å². The predicted molar refractivity (Wildman–Crippen MR) is 71.8 cm³/mol. The average molecular weight is 279 g/mol. The standard InChI is InChI=1S/C15H21NO4/c1-4-9(3)16-8-15-7-6-10(20-15)11(12(15)13(16)17)14(18)19-5-2/h6-7,9-12H,4-5,8H2,1-3H3/t9?,10-,11?,12-,15?/m1/s1. The van der Waals surface area contributed by atoms with Gasteiger partial charge in [0.05, 0.1) is 25.2 Å². The minimum atomic E-state index is -0.609. The first kappa shape index (κ1) is 13.6. The van der Waals surface area contributed by atoms with Crippen LogP contribution in [0.25, 0.3) is 0 Å². The highest BCUT2D eigenvalue weighted by Gasteiger charge is 2.67. The Bertz CT molecular complexity index is 474. The summed E-state index contributed by atoms with van der Waals surface area (Å²) in [5.74, 6) is -1.18. The molecule has 0 aromatic heterocycles. The van der Waals surface area contributed by atoms with E-state index in [0.29, 0.717) is 13.2 Å². The number of carbonyl (C=O) groups is 2. The number of fused-ring (bicyclic) bond motifs is 1.